The topological polar surface area (TPSA) is 96.0 Å². The van der Waals surface area contributed by atoms with Crippen LogP contribution in [0.15, 0.2) is 0 Å². The van der Waals surface area contributed by atoms with E-state index >= 15 is 0 Å². The molecule has 7 heteroatoms. The van der Waals surface area contributed by atoms with Crippen molar-refractivity contribution in [3.8, 4) is 0 Å². The minimum Gasteiger partial charge on any atom is -0.465 e. The normalized spacial score (nSPS) is 42.8. The van der Waals surface area contributed by atoms with Crippen molar-refractivity contribution in [2.24, 2.45) is 34.5 Å². The fourth-order valence-electron chi connectivity index (χ4n) is 8.00. The number of ether oxygens (including phenoxy) is 3. The molecule has 178 valence electrons. The van der Waals surface area contributed by atoms with Gasteiger partial charge >= 0.3 is 17.9 Å². The van der Waals surface area contributed by atoms with Crippen molar-refractivity contribution in [1.29, 1.82) is 0 Å². The van der Waals surface area contributed by atoms with Crippen molar-refractivity contribution in [2.75, 3.05) is 6.61 Å². The Labute approximate surface area is 189 Å². The molecule has 0 bridgehead atoms. The van der Waals surface area contributed by atoms with Gasteiger partial charge in [0.15, 0.2) is 0 Å². The molecule has 4 saturated carbocycles. The molecule has 4 aliphatic carbocycles. The standard InChI is InChI=1S/C25H36O7/c1-14(26)30-13-25-8-6-20-19(21(25)10-18(12-25)31-15(2)27)11-23(32-16(3)28)22-9-17(29)5-7-24(20,22)4/h18-23H,5-13H2,1-4H3/t18-,19+,20-,21-,22+,23-,24+,25+/m0/s1. The van der Waals surface area contributed by atoms with Crippen molar-refractivity contribution >= 4 is 23.7 Å². The summed E-state index contributed by atoms with van der Waals surface area (Å²) in [6, 6.07) is 0. The minimum absolute atomic E-state index is 0.0561. The summed E-state index contributed by atoms with van der Waals surface area (Å²) in [7, 11) is 0. The molecule has 0 amide bonds. The van der Waals surface area contributed by atoms with Gasteiger partial charge in [0.2, 0.25) is 0 Å². The minimum atomic E-state index is -0.306. The Balaban J connectivity index is 1.67. The van der Waals surface area contributed by atoms with Crippen molar-refractivity contribution in [3.63, 3.8) is 0 Å². The van der Waals surface area contributed by atoms with Crippen molar-refractivity contribution in [1.82, 2.24) is 0 Å². The van der Waals surface area contributed by atoms with E-state index < -0.39 is 0 Å². The zero-order valence-electron chi connectivity index (χ0n) is 19.7. The van der Waals surface area contributed by atoms with Crippen LogP contribution >= 0.6 is 0 Å². The second-order valence-corrected chi connectivity index (χ2v) is 11.0. The Kier molecular flexibility index (Phi) is 6.14. The van der Waals surface area contributed by atoms with Gasteiger partial charge in [-0.2, -0.15) is 0 Å². The Morgan fingerprint density at radius 1 is 0.938 bits per heavy atom. The molecule has 0 N–H and O–H groups in total. The first kappa shape index (κ1) is 23.2. The molecule has 0 saturated heterocycles. The largest absolute Gasteiger partial charge is 0.465 e. The maximum absolute atomic E-state index is 12.3. The molecule has 0 spiro atoms. The summed E-state index contributed by atoms with van der Waals surface area (Å²) in [5.41, 5.74) is -0.286. The number of carbonyl (C=O) groups is 4. The highest BCUT2D eigenvalue weighted by Gasteiger charge is 2.64. The Hall–Kier alpha value is -1.92. The Morgan fingerprint density at radius 3 is 2.31 bits per heavy atom. The molecule has 4 rings (SSSR count). The number of carbonyl (C=O) groups excluding carboxylic acids is 4. The second kappa shape index (κ2) is 8.45. The van der Waals surface area contributed by atoms with E-state index in [-0.39, 0.29) is 64.5 Å². The van der Waals surface area contributed by atoms with E-state index in [4.69, 9.17) is 14.2 Å². The van der Waals surface area contributed by atoms with Crippen LogP contribution in [0.2, 0.25) is 0 Å². The lowest BCUT2D eigenvalue weighted by atomic mass is 9.44. The molecule has 32 heavy (non-hydrogen) atoms. The summed E-state index contributed by atoms with van der Waals surface area (Å²) >= 11 is 0. The number of rotatable bonds is 4. The van der Waals surface area contributed by atoms with Crippen LogP contribution in [0.5, 0.6) is 0 Å². The average Bonchev–Trinajstić information content (AvgIpc) is 3.05. The summed E-state index contributed by atoms with van der Waals surface area (Å²) in [4.78, 5) is 47.7. The fraction of sp³-hybridized carbons (Fsp3) is 0.840. The molecule has 0 aliphatic heterocycles. The van der Waals surface area contributed by atoms with Gasteiger partial charge in [-0.3, -0.25) is 19.2 Å². The average molecular weight is 449 g/mol. The predicted molar refractivity (Wildman–Crippen MR) is 114 cm³/mol. The van der Waals surface area contributed by atoms with E-state index in [1.54, 1.807) is 0 Å². The monoisotopic (exact) mass is 448 g/mol. The molecular formula is C25H36O7. The van der Waals surface area contributed by atoms with Gasteiger partial charge in [0.05, 0.1) is 6.61 Å². The van der Waals surface area contributed by atoms with Gasteiger partial charge in [0.25, 0.3) is 0 Å². The van der Waals surface area contributed by atoms with Crippen LogP contribution in [0.3, 0.4) is 0 Å². The first-order chi connectivity index (χ1) is 15.0. The summed E-state index contributed by atoms with van der Waals surface area (Å²) in [6.45, 7) is 6.93. The summed E-state index contributed by atoms with van der Waals surface area (Å²) in [5, 5.41) is 0. The van der Waals surface area contributed by atoms with Gasteiger partial charge in [-0.25, -0.2) is 0 Å². The van der Waals surface area contributed by atoms with Crippen LogP contribution in [-0.4, -0.2) is 42.5 Å². The van der Waals surface area contributed by atoms with Gasteiger partial charge in [0, 0.05) is 44.9 Å². The van der Waals surface area contributed by atoms with E-state index in [1.807, 2.05) is 0 Å². The van der Waals surface area contributed by atoms with E-state index in [9.17, 15) is 19.2 Å². The first-order valence-corrected chi connectivity index (χ1v) is 12.0. The molecule has 7 nitrogen and oxygen atoms in total. The number of esters is 3. The van der Waals surface area contributed by atoms with Gasteiger partial charge in [-0.15, -0.1) is 0 Å². The molecule has 0 radical (unpaired) electrons. The SMILES string of the molecule is CC(=O)OC[C@]12CC[C@H]3[C@@H](C[C@H](OC(C)=O)[C@H]4CC(=O)CC[C@@]43C)[C@@H]1C[C@H](OC(C)=O)C2. The molecule has 0 unspecified atom stereocenters. The molecule has 0 aromatic heterocycles. The number of hydrogen-bond donors (Lipinski definition) is 0. The van der Waals surface area contributed by atoms with Crippen LogP contribution in [0.4, 0.5) is 0 Å². The number of ketones is 1. The van der Waals surface area contributed by atoms with E-state index in [2.05, 4.69) is 6.92 Å². The number of Topliss-reactive ketones (excluding diaryl/α,β-unsaturated/α-hetero) is 1. The van der Waals surface area contributed by atoms with Crippen LogP contribution in [0, 0.1) is 34.5 Å². The molecule has 4 aliphatic rings. The Bertz CT molecular complexity index is 806. The first-order valence-electron chi connectivity index (χ1n) is 12.0. The van der Waals surface area contributed by atoms with Crippen LogP contribution in [0.25, 0.3) is 0 Å². The highest BCUT2D eigenvalue weighted by atomic mass is 16.5. The third-order valence-corrected chi connectivity index (χ3v) is 9.17. The summed E-state index contributed by atoms with van der Waals surface area (Å²) in [5.74, 6) is 0.345. The molecule has 8 atom stereocenters. The van der Waals surface area contributed by atoms with E-state index in [0.29, 0.717) is 31.8 Å². The van der Waals surface area contributed by atoms with Gasteiger partial charge in [-0.1, -0.05) is 6.92 Å². The molecule has 0 aromatic carbocycles. The number of hydrogen-bond acceptors (Lipinski definition) is 7. The van der Waals surface area contributed by atoms with Crippen LogP contribution in [-0.2, 0) is 33.4 Å². The smallest absolute Gasteiger partial charge is 0.302 e. The second-order valence-electron chi connectivity index (χ2n) is 11.0. The van der Waals surface area contributed by atoms with Crippen molar-refractivity contribution in [3.05, 3.63) is 0 Å². The maximum atomic E-state index is 12.3. The lowest BCUT2D eigenvalue weighted by Crippen LogP contribution is -2.58. The predicted octanol–water partition coefficient (Wildman–Crippen LogP) is 3.61. The highest BCUT2D eigenvalue weighted by molar-refractivity contribution is 5.80. The molecular weight excluding hydrogens is 412 g/mol. The zero-order valence-corrected chi connectivity index (χ0v) is 19.7. The summed E-state index contributed by atoms with van der Waals surface area (Å²) in [6.07, 6.45) is 5.50. The van der Waals surface area contributed by atoms with E-state index in [1.165, 1.54) is 20.8 Å². The van der Waals surface area contributed by atoms with Crippen LogP contribution in [0.1, 0.15) is 79.1 Å². The summed E-state index contributed by atoms with van der Waals surface area (Å²) < 4.78 is 17.0. The van der Waals surface area contributed by atoms with Gasteiger partial charge in [-0.05, 0) is 61.7 Å². The van der Waals surface area contributed by atoms with E-state index in [0.717, 1.165) is 32.1 Å². The third kappa shape index (κ3) is 4.08. The number of fused-ring (bicyclic) bond motifs is 5. The Morgan fingerprint density at radius 2 is 1.66 bits per heavy atom. The van der Waals surface area contributed by atoms with Gasteiger partial charge in [0.1, 0.15) is 18.0 Å². The lowest BCUT2D eigenvalue weighted by Gasteiger charge is -2.61. The lowest BCUT2D eigenvalue weighted by molar-refractivity contribution is -0.189. The maximum Gasteiger partial charge on any atom is 0.302 e. The van der Waals surface area contributed by atoms with Crippen molar-refractivity contribution < 1.29 is 33.4 Å². The third-order valence-electron chi connectivity index (χ3n) is 9.17. The molecule has 4 fully saturated rings. The quantitative estimate of drug-likeness (QED) is 0.479. The molecule has 0 heterocycles. The fourth-order valence-corrected chi connectivity index (χ4v) is 8.00. The zero-order chi connectivity index (χ0) is 23.3. The molecule has 0 aromatic rings. The van der Waals surface area contributed by atoms with Crippen molar-refractivity contribution in [2.45, 2.75) is 91.3 Å². The van der Waals surface area contributed by atoms with Gasteiger partial charge < -0.3 is 14.2 Å². The highest BCUT2D eigenvalue weighted by Crippen LogP contribution is 2.66. The van der Waals surface area contributed by atoms with Crippen LogP contribution < -0.4 is 0 Å².